The summed E-state index contributed by atoms with van der Waals surface area (Å²) in [6, 6.07) is 3.18. The Bertz CT molecular complexity index is 300. The number of anilines is 1. The number of hydrogen-bond donors (Lipinski definition) is 3. The van der Waals surface area contributed by atoms with Gasteiger partial charge in [-0.05, 0) is 19.2 Å². The van der Waals surface area contributed by atoms with Crippen molar-refractivity contribution in [1.29, 1.82) is 0 Å². The van der Waals surface area contributed by atoms with Crippen LogP contribution >= 0.6 is 0 Å². The van der Waals surface area contributed by atoms with Crippen LogP contribution in [0.2, 0.25) is 0 Å². The highest BCUT2D eigenvalue weighted by Gasteiger charge is 2.10. The zero-order chi connectivity index (χ0) is 9.84. The summed E-state index contributed by atoms with van der Waals surface area (Å²) in [5, 5.41) is 12.4. The minimum absolute atomic E-state index is 0.113. The van der Waals surface area contributed by atoms with Crippen LogP contribution < -0.4 is 15.8 Å². The Morgan fingerprint density at radius 1 is 1.54 bits per heavy atom. The number of nitrogens with one attached hydrogen (secondary N) is 1. The molecule has 4 N–H and O–H groups in total. The van der Waals surface area contributed by atoms with Crippen molar-refractivity contribution < 1.29 is 9.84 Å². The summed E-state index contributed by atoms with van der Waals surface area (Å²) in [6.07, 6.45) is 0. The van der Waals surface area contributed by atoms with Crippen LogP contribution in [0.15, 0.2) is 12.1 Å². The summed E-state index contributed by atoms with van der Waals surface area (Å²) in [4.78, 5) is 0. The molecule has 0 aliphatic heterocycles. The van der Waals surface area contributed by atoms with Gasteiger partial charge in [0.2, 0.25) is 0 Å². The molecule has 0 saturated heterocycles. The van der Waals surface area contributed by atoms with E-state index >= 15 is 0 Å². The lowest BCUT2D eigenvalue weighted by Crippen LogP contribution is -2.09. The van der Waals surface area contributed by atoms with Gasteiger partial charge < -0.3 is 20.9 Å². The molecule has 0 radical (unpaired) electrons. The monoisotopic (exact) mass is 182 g/mol. The van der Waals surface area contributed by atoms with E-state index in [0.717, 1.165) is 5.56 Å². The Labute approximate surface area is 77.3 Å². The standard InChI is InChI=1S/C9H14N2O2/c1-11-5-6-7(10)3-4-8(12)9(6)13-2/h3-4,11-12H,5,10H2,1-2H3. The first-order valence-electron chi connectivity index (χ1n) is 3.99. The largest absolute Gasteiger partial charge is 0.504 e. The van der Waals surface area contributed by atoms with E-state index < -0.39 is 0 Å². The van der Waals surface area contributed by atoms with Gasteiger partial charge in [-0.15, -0.1) is 0 Å². The van der Waals surface area contributed by atoms with E-state index in [1.165, 1.54) is 13.2 Å². The molecule has 13 heavy (non-hydrogen) atoms. The molecule has 0 saturated carbocycles. The Hall–Kier alpha value is -1.42. The lowest BCUT2D eigenvalue weighted by molar-refractivity contribution is 0.369. The van der Waals surface area contributed by atoms with Gasteiger partial charge in [0, 0.05) is 17.8 Å². The predicted octanol–water partition coefficient (Wildman–Crippen LogP) is 0.702. The zero-order valence-electron chi connectivity index (χ0n) is 7.79. The number of benzene rings is 1. The fourth-order valence-corrected chi connectivity index (χ4v) is 1.22. The van der Waals surface area contributed by atoms with Gasteiger partial charge in [-0.3, -0.25) is 0 Å². The molecule has 0 bridgehead atoms. The average molecular weight is 182 g/mol. The minimum atomic E-state index is 0.113. The normalized spacial score (nSPS) is 10.0. The Kier molecular flexibility index (Phi) is 2.97. The first kappa shape index (κ1) is 9.67. The Morgan fingerprint density at radius 2 is 2.23 bits per heavy atom. The van der Waals surface area contributed by atoms with Gasteiger partial charge in [0.25, 0.3) is 0 Å². The van der Waals surface area contributed by atoms with E-state index in [2.05, 4.69) is 5.32 Å². The maximum absolute atomic E-state index is 9.43. The predicted molar refractivity (Wildman–Crippen MR) is 51.8 cm³/mol. The molecule has 0 amide bonds. The summed E-state index contributed by atoms with van der Waals surface area (Å²) in [5.74, 6) is 0.552. The van der Waals surface area contributed by atoms with Crippen molar-refractivity contribution in [3.63, 3.8) is 0 Å². The van der Waals surface area contributed by atoms with E-state index in [-0.39, 0.29) is 5.75 Å². The van der Waals surface area contributed by atoms with Crippen LogP contribution in [0.4, 0.5) is 5.69 Å². The number of nitrogen functional groups attached to an aromatic ring is 1. The molecule has 4 heteroatoms. The van der Waals surface area contributed by atoms with Crippen molar-refractivity contribution in [3.05, 3.63) is 17.7 Å². The maximum Gasteiger partial charge on any atom is 0.167 e. The summed E-state index contributed by atoms with van der Waals surface area (Å²) in [7, 11) is 3.32. The number of hydrogen-bond acceptors (Lipinski definition) is 4. The van der Waals surface area contributed by atoms with Crippen LogP contribution in [0.25, 0.3) is 0 Å². The van der Waals surface area contributed by atoms with Gasteiger partial charge in [-0.25, -0.2) is 0 Å². The molecule has 4 nitrogen and oxygen atoms in total. The van der Waals surface area contributed by atoms with E-state index in [4.69, 9.17) is 10.5 Å². The van der Waals surface area contributed by atoms with Gasteiger partial charge in [0.1, 0.15) is 0 Å². The number of phenolic OH excluding ortho intramolecular Hbond substituents is 1. The number of rotatable bonds is 3. The van der Waals surface area contributed by atoms with Gasteiger partial charge in [-0.2, -0.15) is 0 Å². The van der Waals surface area contributed by atoms with Crippen LogP contribution in [0, 0.1) is 0 Å². The summed E-state index contributed by atoms with van der Waals surface area (Å²) in [5.41, 5.74) is 7.12. The molecule has 0 aliphatic rings. The average Bonchev–Trinajstić information content (AvgIpc) is 2.12. The van der Waals surface area contributed by atoms with Crippen LogP contribution in [0.5, 0.6) is 11.5 Å². The highest BCUT2D eigenvalue weighted by Crippen LogP contribution is 2.33. The van der Waals surface area contributed by atoms with E-state index in [1.54, 1.807) is 6.07 Å². The minimum Gasteiger partial charge on any atom is -0.504 e. The first-order chi connectivity index (χ1) is 6.20. The van der Waals surface area contributed by atoms with Crippen LogP contribution in [0.1, 0.15) is 5.56 Å². The van der Waals surface area contributed by atoms with Crippen molar-refractivity contribution >= 4 is 5.69 Å². The molecule has 1 aromatic carbocycles. The quantitative estimate of drug-likeness (QED) is 0.475. The van der Waals surface area contributed by atoms with Crippen molar-refractivity contribution in [1.82, 2.24) is 5.32 Å². The third-order valence-electron chi connectivity index (χ3n) is 1.83. The Morgan fingerprint density at radius 3 is 2.77 bits per heavy atom. The summed E-state index contributed by atoms with van der Waals surface area (Å²) in [6.45, 7) is 0.573. The fourth-order valence-electron chi connectivity index (χ4n) is 1.22. The van der Waals surface area contributed by atoms with E-state index in [9.17, 15) is 5.11 Å². The fraction of sp³-hybridized carbons (Fsp3) is 0.333. The molecule has 0 spiro atoms. The van der Waals surface area contributed by atoms with Gasteiger partial charge in [-0.1, -0.05) is 0 Å². The van der Waals surface area contributed by atoms with Gasteiger partial charge in [0.15, 0.2) is 11.5 Å². The topological polar surface area (TPSA) is 67.5 Å². The Balaban J connectivity index is 3.18. The van der Waals surface area contributed by atoms with Crippen LogP contribution in [-0.2, 0) is 6.54 Å². The third kappa shape index (κ3) is 1.84. The molecule has 1 aromatic rings. The molecule has 72 valence electrons. The highest BCUT2D eigenvalue weighted by molar-refractivity contribution is 5.59. The number of methoxy groups -OCH3 is 1. The SMILES string of the molecule is CNCc1c(N)ccc(O)c1OC. The first-order valence-corrected chi connectivity index (χ1v) is 3.99. The maximum atomic E-state index is 9.43. The zero-order valence-corrected chi connectivity index (χ0v) is 7.79. The van der Waals surface area contributed by atoms with Gasteiger partial charge in [0.05, 0.1) is 7.11 Å². The molecular formula is C9H14N2O2. The van der Waals surface area contributed by atoms with Crippen LogP contribution in [0.3, 0.4) is 0 Å². The smallest absolute Gasteiger partial charge is 0.167 e. The van der Waals surface area contributed by atoms with Crippen molar-refractivity contribution in [2.45, 2.75) is 6.54 Å². The molecule has 0 heterocycles. The summed E-state index contributed by atoms with van der Waals surface area (Å²) >= 11 is 0. The second kappa shape index (κ2) is 4.00. The molecule has 0 unspecified atom stereocenters. The van der Waals surface area contributed by atoms with E-state index in [1.807, 2.05) is 7.05 Å². The molecule has 0 fully saturated rings. The lowest BCUT2D eigenvalue weighted by atomic mass is 10.1. The van der Waals surface area contributed by atoms with Crippen molar-refractivity contribution in [2.24, 2.45) is 0 Å². The van der Waals surface area contributed by atoms with Crippen molar-refractivity contribution in [3.8, 4) is 11.5 Å². The van der Waals surface area contributed by atoms with E-state index in [0.29, 0.717) is 18.0 Å². The number of aromatic hydroxyl groups is 1. The number of nitrogens with two attached hydrogens (primary N) is 1. The lowest BCUT2D eigenvalue weighted by Gasteiger charge is -2.11. The molecule has 0 atom stereocenters. The highest BCUT2D eigenvalue weighted by atomic mass is 16.5. The van der Waals surface area contributed by atoms with Crippen molar-refractivity contribution in [2.75, 3.05) is 19.9 Å². The molecule has 0 aromatic heterocycles. The third-order valence-corrected chi connectivity index (χ3v) is 1.83. The van der Waals surface area contributed by atoms with Crippen LogP contribution in [-0.4, -0.2) is 19.3 Å². The second-order valence-corrected chi connectivity index (χ2v) is 2.72. The molecule has 1 rings (SSSR count). The molecule has 0 aliphatic carbocycles. The summed E-state index contributed by atoms with van der Waals surface area (Å²) < 4.78 is 5.04. The molecular weight excluding hydrogens is 168 g/mol. The number of ether oxygens (including phenoxy) is 1. The number of phenols is 1. The second-order valence-electron chi connectivity index (χ2n) is 2.72. The van der Waals surface area contributed by atoms with Gasteiger partial charge >= 0.3 is 0 Å².